The van der Waals surface area contributed by atoms with Gasteiger partial charge >= 0.3 is 0 Å². The van der Waals surface area contributed by atoms with Crippen LogP contribution in [0.15, 0.2) is 182 Å². The first-order chi connectivity index (χ1) is 23.4. The van der Waals surface area contributed by atoms with Crippen molar-refractivity contribution in [3.05, 3.63) is 182 Å². The molecule has 0 bridgehead atoms. The van der Waals surface area contributed by atoms with E-state index in [9.17, 15) is 0 Å². The van der Waals surface area contributed by atoms with Gasteiger partial charge in [-0.1, -0.05) is 140 Å². The van der Waals surface area contributed by atoms with Crippen LogP contribution in [-0.4, -0.2) is 4.98 Å². The number of para-hydroxylation sites is 2. The molecule has 0 atom stereocenters. The van der Waals surface area contributed by atoms with E-state index in [2.05, 4.69) is 175 Å². The lowest BCUT2D eigenvalue weighted by molar-refractivity contribution is 1.30. The Bertz CT molecular complexity index is 2470. The van der Waals surface area contributed by atoms with Gasteiger partial charge in [-0.2, -0.15) is 0 Å². The summed E-state index contributed by atoms with van der Waals surface area (Å²) in [5.41, 5.74) is 8.25. The molecule has 2 nitrogen and oxygen atoms in total. The van der Waals surface area contributed by atoms with Gasteiger partial charge in [0.15, 0.2) is 0 Å². The molecule has 2 heteroatoms. The maximum absolute atomic E-state index is 4.70. The molecule has 47 heavy (non-hydrogen) atoms. The summed E-state index contributed by atoms with van der Waals surface area (Å²) >= 11 is 0. The first kappa shape index (κ1) is 27.1. The highest BCUT2D eigenvalue weighted by molar-refractivity contribution is 6.25. The normalized spacial score (nSPS) is 11.4. The third-order valence-electron chi connectivity index (χ3n) is 9.31. The molecule has 8 aromatic carbocycles. The lowest BCUT2D eigenvalue weighted by atomic mass is 9.84. The summed E-state index contributed by atoms with van der Waals surface area (Å²) in [5.74, 6) is 0. The Morgan fingerprint density at radius 3 is 1.34 bits per heavy atom. The number of pyridine rings is 1. The first-order valence-corrected chi connectivity index (χ1v) is 16.1. The molecule has 1 aromatic heterocycles. The van der Waals surface area contributed by atoms with Gasteiger partial charge < -0.3 is 4.90 Å². The fourth-order valence-corrected chi connectivity index (χ4v) is 7.30. The standard InChI is InChI=1S/C45H30N2/c1-3-16-32(17-4-1)47(33-18-5-2-6-19-33)43-28-27-41(35-21-9-10-22-36(35)43)44-37-23-11-13-25-39(37)45(40-26-14-12-24-38(40)44)42-30-46-29-31-15-7-8-20-34(31)42/h1-30H. The van der Waals surface area contributed by atoms with Crippen molar-refractivity contribution in [3.63, 3.8) is 0 Å². The van der Waals surface area contributed by atoms with Crippen LogP contribution in [0.25, 0.3) is 65.3 Å². The van der Waals surface area contributed by atoms with Gasteiger partial charge in [-0.05, 0) is 79.3 Å². The van der Waals surface area contributed by atoms with Crippen molar-refractivity contribution in [1.82, 2.24) is 4.98 Å². The van der Waals surface area contributed by atoms with E-state index in [1.807, 2.05) is 12.4 Å². The Morgan fingerprint density at radius 2 is 0.766 bits per heavy atom. The monoisotopic (exact) mass is 598 g/mol. The second-order valence-corrected chi connectivity index (χ2v) is 11.9. The average Bonchev–Trinajstić information content (AvgIpc) is 3.15. The highest BCUT2D eigenvalue weighted by atomic mass is 15.1. The van der Waals surface area contributed by atoms with Gasteiger partial charge in [0.25, 0.3) is 0 Å². The Kier molecular flexibility index (Phi) is 6.50. The number of rotatable bonds is 5. The third kappa shape index (κ3) is 4.46. The zero-order valence-corrected chi connectivity index (χ0v) is 25.7. The second kappa shape index (κ2) is 11.3. The van der Waals surface area contributed by atoms with Crippen LogP contribution >= 0.6 is 0 Å². The smallest absolute Gasteiger partial charge is 0.0540 e. The molecule has 1 heterocycles. The lowest BCUT2D eigenvalue weighted by Gasteiger charge is -2.27. The van der Waals surface area contributed by atoms with Gasteiger partial charge in [0.2, 0.25) is 0 Å². The van der Waals surface area contributed by atoms with Crippen molar-refractivity contribution in [2.24, 2.45) is 0 Å². The number of hydrogen-bond acceptors (Lipinski definition) is 2. The van der Waals surface area contributed by atoms with E-state index >= 15 is 0 Å². The number of aromatic nitrogens is 1. The molecule has 0 fully saturated rings. The summed E-state index contributed by atoms with van der Waals surface area (Å²) in [5, 5.41) is 9.69. The zero-order chi connectivity index (χ0) is 31.2. The van der Waals surface area contributed by atoms with Crippen molar-refractivity contribution in [1.29, 1.82) is 0 Å². The fourth-order valence-electron chi connectivity index (χ4n) is 7.30. The summed E-state index contributed by atoms with van der Waals surface area (Å²) in [6.45, 7) is 0. The molecule has 0 radical (unpaired) electrons. The van der Waals surface area contributed by atoms with Crippen LogP contribution in [0.4, 0.5) is 17.1 Å². The fraction of sp³-hybridized carbons (Fsp3) is 0. The summed E-state index contributed by atoms with van der Waals surface area (Å²) in [6.07, 6.45) is 3.99. The van der Waals surface area contributed by atoms with Crippen LogP contribution in [-0.2, 0) is 0 Å². The predicted octanol–water partition coefficient (Wildman–Crippen LogP) is 12.5. The van der Waals surface area contributed by atoms with Gasteiger partial charge in [-0.15, -0.1) is 0 Å². The molecule has 9 aromatic rings. The number of anilines is 3. The summed E-state index contributed by atoms with van der Waals surface area (Å²) in [4.78, 5) is 7.06. The maximum atomic E-state index is 4.70. The summed E-state index contributed by atoms with van der Waals surface area (Å²) < 4.78 is 0. The highest BCUT2D eigenvalue weighted by Crippen LogP contribution is 2.48. The molecule has 9 rings (SSSR count). The molecule has 0 saturated carbocycles. The van der Waals surface area contributed by atoms with Crippen molar-refractivity contribution >= 4 is 60.2 Å². The van der Waals surface area contributed by atoms with Gasteiger partial charge in [-0.3, -0.25) is 4.98 Å². The van der Waals surface area contributed by atoms with E-state index in [0.717, 1.165) is 28.0 Å². The topological polar surface area (TPSA) is 16.1 Å². The first-order valence-electron chi connectivity index (χ1n) is 16.1. The SMILES string of the molecule is c1ccc(N(c2ccccc2)c2ccc(-c3c4ccccc4c(-c4cncc5ccccc45)c4ccccc34)c3ccccc23)cc1. The van der Waals surface area contributed by atoms with E-state index in [4.69, 9.17) is 4.98 Å². The quantitative estimate of drug-likeness (QED) is 0.183. The van der Waals surface area contributed by atoms with Crippen LogP contribution in [0.2, 0.25) is 0 Å². The molecular weight excluding hydrogens is 569 g/mol. The molecule has 0 amide bonds. The van der Waals surface area contributed by atoms with Crippen LogP contribution in [0.5, 0.6) is 0 Å². The molecule has 0 aliphatic heterocycles. The molecular formula is C45H30N2. The van der Waals surface area contributed by atoms with E-state index in [0.29, 0.717) is 0 Å². The van der Waals surface area contributed by atoms with E-state index in [-0.39, 0.29) is 0 Å². The minimum atomic E-state index is 1.13. The molecule has 0 aliphatic carbocycles. The van der Waals surface area contributed by atoms with Gasteiger partial charge in [0.05, 0.1) is 5.69 Å². The summed E-state index contributed by atoms with van der Waals surface area (Å²) in [6, 6.07) is 61.0. The molecule has 0 unspecified atom stereocenters. The van der Waals surface area contributed by atoms with Crippen LogP contribution in [0, 0.1) is 0 Å². The van der Waals surface area contributed by atoms with Crippen molar-refractivity contribution in [3.8, 4) is 22.3 Å². The lowest BCUT2D eigenvalue weighted by Crippen LogP contribution is -2.10. The Labute approximate surface area is 273 Å². The minimum absolute atomic E-state index is 1.13. The summed E-state index contributed by atoms with van der Waals surface area (Å²) in [7, 11) is 0. The maximum Gasteiger partial charge on any atom is 0.0540 e. The van der Waals surface area contributed by atoms with E-state index in [1.54, 1.807) is 0 Å². The molecule has 0 saturated heterocycles. The molecule has 0 N–H and O–H groups in total. The molecule has 220 valence electrons. The third-order valence-corrected chi connectivity index (χ3v) is 9.31. The molecule has 0 aliphatic rings. The Balaban J connectivity index is 1.36. The Hall–Kier alpha value is -6.25. The number of nitrogens with zero attached hydrogens (tertiary/aromatic N) is 2. The van der Waals surface area contributed by atoms with Crippen molar-refractivity contribution in [2.75, 3.05) is 4.90 Å². The van der Waals surface area contributed by atoms with Crippen molar-refractivity contribution < 1.29 is 0 Å². The number of benzene rings is 8. The molecule has 0 spiro atoms. The van der Waals surface area contributed by atoms with Gasteiger partial charge in [0.1, 0.15) is 0 Å². The predicted molar refractivity (Wildman–Crippen MR) is 200 cm³/mol. The van der Waals surface area contributed by atoms with E-state index < -0.39 is 0 Å². The second-order valence-electron chi connectivity index (χ2n) is 11.9. The van der Waals surface area contributed by atoms with Crippen molar-refractivity contribution in [2.45, 2.75) is 0 Å². The average molecular weight is 599 g/mol. The van der Waals surface area contributed by atoms with Gasteiger partial charge in [-0.25, -0.2) is 0 Å². The number of fused-ring (bicyclic) bond motifs is 4. The highest BCUT2D eigenvalue weighted by Gasteiger charge is 2.21. The van der Waals surface area contributed by atoms with Gasteiger partial charge in [0, 0.05) is 40.1 Å². The minimum Gasteiger partial charge on any atom is -0.310 e. The van der Waals surface area contributed by atoms with Crippen LogP contribution in [0.3, 0.4) is 0 Å². The zero-order valence-electron chi connectivity index (χ0n) is 25.7. The number of hydrogen-bond donors (Lipinski definition) is 0. The van der Waals surface area contributed by atoms with E-state index in [1.165, 1.54) is 54.4 Å². The van der Waals surface area contributed by atoms with Crippen LogP contribution in [0.1, 0.15) is 0 Å². The Morgan fingerprint density at radius 1 is 0.319 bits per heavy atom. The largest absolute Gasteiger partial charge is 0.310 e. The van der Waals surface area contributed by atoms with Crippen LogP contribution < -0.4 is 4.90 Å².